The molecule has 0 aliphatic rings. The van der Waals surface area contributed by atoms with Gasteiger partial charge in [-0.2, -0.15) is 0 Å². The normalized spacial score (nSPS) is 11.6. The number of carbonyl (C=O) groups is 2. The van der Waals surface area contributed by atoms with E-state index in [1.807, 2.05) is 0 Å². The zero-order chi connectivity index (χ0) is 17.2. The highest BCUT2D eigenvalue weighted by molar-refractivity contribution is 5.75. The van der Waals surface area contributed by atoms with Crippen molar-refractivity contribution in [2.75, 3.05) is 27.2 Å². The molecule has 0 spiro atoms. The topological polar surface area (TPSA) is 99.1 Å². The largest absolute Gasteiger partial charge is 0.494 e. The van der Waals surface area contributed by atoms with Crippen LogP contribution in [0.4, 0.5) is 4.79 Å². The van der Waals surface area contributed by atoms with Crippen molar-refractivity contribution in [3.05, 3.63) is 29.8 Å². The van der Waals surface area contributed by atoms with Gasteiger partial charge in [0, 0.05) is 27.1 Å². The average Bonchev–Trinajstić information content (AvgIpc) is 2.51. The molecule has 128 valence electrons. The van der Waals surface area contributed by atoms with Crippen molar-refractivity contribution in [3.8, 4) is 5.75 Å². The van der Waals surface area contributed by atoms with E-state index in [0.29, 0.717) is 30.8 Å². The molecule has 7 nitrogen and oxygen atoms in total. The molecular weight excluding hydrogens is 300 g/mol. The van der Waals surface area contributed by atoms with Gasteiger partial charge in [0.2, 0.25) is 5.91 Å². The van der Waals surface area contributed by atoms with Crippen LogP contribution < -0.4 is 10.1 Å². The Morgan fingerprint density at radius 2 is 2.09 bits per heavy atom. The lowest BCUT2D eigenvalue weighted by Crippen LogP contribution is -2.23. The summed E-state index contributed by atoms with van der Waals surface area (Å²) < 4.78 is 5.58. The molecule has 7 heteroatoms. The van der Waals surface area contributed by atoms with Crippen LogP contribution in [-0.2, 0) is 4.79 Å². The molecule has 0 aromatic heterocycles. The van der Waals surface area contributed by atoms with Crippen LogP contribution in [0.1, 0.15) is 30.9 Å². The van der Waals surface area contributed by atoms with Crippen LogP contribution in [0.5, 0.6) is 5.75 Å². The minimum absolute atomic E-state index is 0.0590. The smallest absolute Gasteiger partial charge is 0.404 e. The monoisotopic (exact) mass is 324 g/mol. The van der Waals surface area contributed by atoms with Crippen molar-refractivity contribution in [1.82, 2.24) is 10.2 Å². The van der Waals surface area contributed by atoms with E-state index in [1.54, 1.807) is 43.3 Å². The summed E-state index contributed by atoms with van der Waals surface area (Å²) in [5, 5.41) is 20.7. The van der Waals surface area contributed by atoms with Crippen molar-refractivity contribution in [2.45, 2.75) is 25.4 Å². The minimum atomic E-state index is -1.11. The fourth-order valence-electron chi connectivity index (χ4n) is 1.93. The van der Waals surface area contributed by atoms with Gasteiger partial charge in [0.15, 0.2) is 0 Å². The molecule has 23 heavy (non-hydrogen) atoms. The van der Waals surface area contributed by atoms with Crippen LogP contribution in [0.2, 0.25) is 0 Å². The lowest BCUT2D eigenvalue weighted by atomic mass is 10.1. The van der Waals surface area contributed by atoms with Gasteiger partial charge in [0.1, 0.15) is 5.75 Å². The Morgan fingerprint density at radius 1 is 1.35 bits per heavy atom. The summed E-state index contributed by atoms with van der Waals surface area (Å²) >= 11 is 0. The Bertz CT molecular complexity index is 519. The van der Waals surface area contributed by atoms with Gasteiger partial charge in [-0.05, 0) is 30.5 Å². The van der Waals surface area contributed by atoms with E-state index < -0.39 is 12.2 Å². The quantitative estimate of drug-likeness (QED) is 0.600. The molecule has 1 aromatic carbocycles. The van der Waals surface area contributed by atoms with E-state index in [1.165, 1.54) is 0 Å². The summed E-state index contributed by atoms with van der Waals surface area (Å²) in [7, 11) is 3.43. The van der Waals surface area contributed by atoms with Crippen molar-refractivity contribution >= 4 is 12.0 Å². The van der Waals surface area contributed by atoms with Gasteiger partial charge >= 0.3 is 6.09 Å². The highest BCUT2D eigenvalue weighted by atomic mass is 16.5. The van der Waals surface area contributed by atoms with Crippen LogP contribution in [0, 0.1) is 0 Å². The second-order valence-electron chi connectivity index (χ2n) is 5.35. The number of aliphatic hydroxyl groups is 1. The van der Waals surface area contributed by atoms with E-state index >= 15 is 0 Å². The van der Waals surface area contributed by atoms with Gasteiger partial charge in [0.05, 0.1) is 12.7 Å². The minimum Gasteiger partial charge on any atom is -0.494 e. The molecule has 0 radical (unpaired) electrons. The second-order valence-corrected chi connectivity index (χ2v) is 5.35. The van der Waals surface area contributed by atoms with Gasteiger partial charge < -0.3 is 25.2 Å². The molecule has 0 aliphatic carbocycles. The summed E-state index contributed by atoms with van der Waals surface area (Å²) in [4.78, 5) is 23.3. The summed E-state index contributed by atoms with van der Waals surface area (Å²) in [6, 6.07) is 7.02. The summed E-state index contributed by atoms with van der Waals surface area (Å²) in [6.07, 6.45) is -0.544. The van der Waals surface area contributed by atoms with Gasteiger partial charge in [-0.1, -0.05) is 12.1 Å². The Balaban J connectivity index is 2.40. The van der Waals surface area contributed by atoms with Crippen LogP contribution in [0.15, 0.2) is 24.3 Å². The van der Waals surface area contributed by atoms with Crippen LogP contribution in [-0.4, -0.2) is 54.4 Å². The molecule has 3 N–H and O–H groups in total. The van der Waals surface area contributed by atoms with Crippen molar-refractivity contribution in [2.24, 2.45) is 0 Å². The first-order chi connectivity index (χ1) is 10.9. The van der Waals surface area contributed by atoms with Crippen LogP contribution >= 0.6 is 0 Å². The average molecular weight is 324 g/mol. The van der Waals surface area contributed by atoms with Crippen LogP contribution in [0.3, 0.4) is 0 Å². The zero-order valence-corrected chi connectivity index (χ0v) is 13.5. The maximum atomic E-state index is 11.4. The summed E-state index contributed by atoms with van der Waals surface area (Å²) in [5.74, 6) is 0.675. The number of carboxylic acid groups (broad SMARTS) is 1. The SMILES string of the molecule is CN(C)C(=O)CCCOc1cccc(C(O)CCNC(=O)O)c1. The standard InChI is InChI=1S/C16H24N2O5/c1-18(2)15(20)7-4-10-23-13-6-3-5-12(11-13)14(19)8-9-17-16(21)22/h3,5-6,11,14,17,19H,4,7-10H2,1-2H3,(H,21,22). The van der Waals surface area contributed by atoms with Crippen LogP contribution in [0.25, 0.3) is 0 Å². The number of hydrogen-bond donors (Lipinski definition) is 3. The highest BCUT2D eigenvalue weighted by Crippen LogP contribution is 2.21. The molecule has 0 fully saturated rings. The molecule has 0 bridgehead atoms. The third-order valence-corrected chi connectivity index (χ3v) is 3.24. The number of nitrogens with one attached hydrogen (secondary N) is 1. The number of aliphatic hydroxyl groups excluding tert-OH is 1. The fraction of sp³-hybridized carbons (Fsp3) is 0.500. The number of amides is 2. The molecule has 0 aliphatic heterocycles. The number of ether oxygens (including phenoxy) is 1. The maximum absolute atomic E-state index is 11.4. The summed E-state index contributed by atoms with van der Waals surface area (Å²) in [6.45, 7) is 0.591. The van der Waals surface area contributed by atoms with E-state index in [-0.39, 0.29) is 18.9 Å². The molecule has 1 aromatic rings. The van der Waals surface area contributed by atoms with E-state index in [0.717, 1.165) is 0 Å². The second kappa shape index (κ2) is 9.68. The number of carbonyl (C=O) groups excluding carboxylic acids is 1. The third-order valence-electron chi connectivity index (χ3n) is 3.24. The highest BCUT2D eigenvalue weighted by Gasteiger charge is 2.09. The van der Waals surface area contributed by atoms with Crippen molar-refractivity contribution < 1.29 is 24.5 Å². The number of rotatable bonds is 9. The number of hydrogen-bond acceptors (Lipinski definition) is 4. The predicted octanol–water partition coefficient (Wildman–Crippen LogP) is 1.62. The molecule has 0 saturated heterocycles. The van der Waals surface area contributed by atoms with Gasteiger partial charge in [-0.15, -0.1) is 0 Å². The van der Waals surface area contributed by atoms with E-state index in [2.05, 4.69) is 5.32 Å². The van der Waals surface area contributed by atoms with Crippen molar-refractivity contribution in [3.63, 3.8) is 0 Å². The van der Waals surface area contributed by atoms with Gasteiger partial charge in [0.25, 0.3) is 0 Å². The Kier molecular flexibility index (Phi) is 7.90. The molecule has 0 saturated carbocycles. The Labute approximate surface area is 135 Å². The van der Waals surface area contributed by atoms with Gasteiger partial charge in [-0.25, -0.2) is 4.79 Å². The Hall–Kier alpha value is -2.28. The predicted molar refractivity (Wildman–Crippen MR) is 85.5 cm³/mol. The third kappa shape index (κ3) is 7.51. The summed E-state index contributed by atoms with van der Waals surface area (Å²) in [5.41, 5.74) is 0.666. The first-order valence-electron chi connectivity index (χ1n) is 7.48. The fourth-order valence-corrected chi connectivity index (χ4v) is 1.93. The lowest BCUT2D eigenvalue weighted by molar-refractivity contribution is -0.128. The first-order valence-corrected chi connectivity index (χ1v) is 7.48. The molecule has 2 amide bonds. The number of benzene rings is 1. The van der Waals surface area contributed by atoms with Gasteiger partial charge in [-0.3, -0.25) is 4.79 Å². The van der Waals surface area contributed by atoms with E-state index in [9.17, 15) is 14.7 Å². The molecule has 1 rings (SSSR count). The molecule has 1 unspecified atom stereocenters. The number of nitrogens with zero attached hydrogens (tertiary/aromatic N) is 1. The maximum Gasteiger partial charge on any atom is 0.404 e. The molecule has 1 atom stereocenters. The van der Waals surface area contributed by atoms with E-state index in [4.69, 9.17) is 9.84 Å². The molecule has 0 heterocycles. The zero-order valence-electron chi connectivity index (χ0n) is 13.5. The lowest BCUT2D eigenvalue weighted by Gasteiger charge is -2.13. The Morgan fingerprint density at radius 3 is 2.74 bits per heavy atom. The van der Waals surface area contributed by atoms with Crippen molar-refractivity contribution in [1.29, 1.82) is 0 Å². The molecular formula is C16H24N2O5. The first kappa shape index (κ1) is 18.8.